The summed E-state index contributed by atoms with van der Waals surface area (Å²) in [5, 5.41) is 2.75. The number of hydrogen-bond acceptors (Lipinski definition) is 3. The summed E-state index contributed by atoms with van der Waals surface area (Å²) in [5.41, 5.74) is 0. The molecule has 0 spiro atoms. The van der Waals surface area contributed by atoms with Crippen LogP contribution in [0.1, 0.15) is 65.7 Å². The molecular formula is C19H33N3O3. The maximum absolute atomic E-state index is 12.5. The molecule has 0 aromatic rings. The highest BCUT2D eigenvalue weighted by molar-refractivity contribution is 5.87. The van der Waals surface area contributed by atoms with Crippen LogP contribution in [0.2, 0.25) is 0 Å². The van der Waals surface area contributed by atoms with Crippen LogP contribution in [0.5, 0.6) is 0 Å². The standard InChI is InChI=1S/C19H33N3O3/c1-4-18(24)20-14(2)19(25)21-12-9-16(10-13-21)17-8-6-5-7-11-22(17)15(3)23/h14,16-17H,4-13H2,1-3H3,(H,20,24). The summed E-state index contributed by atoms with van der Waals surface area (Å²) in [6, 6.07) is -0.134. The Morgan fingerprint density at radius 1 is 1.04 bits per heavy atom. The van der Waals surface area contributed by atoms with Crippen LogP contribution >= 0.6 is 0 Å². The largest absolute Gasteiger partial charge is 0.345 e. The molecule has 1 N–H and O–H groups in total. The maximum Gasteiger partial charge on any atom is 0.244 e. The number of nitrogens with one attached hydrogen (secondary N) is 1. The van der Waals surface area contributed by atoms with Crippen LogP contribution < -0.4 is 5.32 Å². The van der Waals surface area contributed by atoms with Crippen molar-refractivity contribution >= 4 is 17.7 Å². The molecule has 0 saturated carbocycles. The fourth-order valence-corrected chi connectivity index (χ4v) is 4.20. The Hall–Kier alpha value is -1.59. The van der Waals surface area contributed by atoms with Crippen LogP contribution in [0.4, 0.5) is 0 Å². The van der Waals surface area contributed by atoms with Gasteiger partial charge in [0, 0.05) is 39.0 Å². The normalized spacial score (nSPS) is 23.7. The molecule has 2 heterocycles. The summed E-state index contributed by atoms with van der Waals surface area (Å²) in [5.74, 6) is 0.573. The Labute approximate surface area is 151 Å². The summed E-state index contributed by atoms with van der Waals surface area (Å²) in [6.07, 6.45) is 6.84. The zero-order chi connectivity index (χ0) is 18.4. The summed E-state index contributed by atoms with van der Waals surface area (Å²) < 4.78 is 0. The summed E-state index contributed by atoms with van der Waals surface area (Å²) in [4.78, 5) is 39.9. The van der Waals surface area contributed by atoms with Gasteiger partial charge in [-0.1, -0.05) is 19.8 Å². The van der Waals surface area contributed by atoms with Gasteiger partial charge in [0.2, 0.25) is 17.7 Å². The van der Waals surface area contributed by atoms with Gasteiger partial charge in [-0.15, -0.1) is 0 Å². The van der Waals surface area contributed by atoms with Crippen LogP contribution in [0.3, 0.4) is 0 Å². The Balaban J connectivity index is 1.90. The molecule has 3 amide bonds. The molecule has 2 saturated heterocycles. The van der Waals surface area contributed by atoms with Crippen molar-refractivity contribution in [2.75, 3.05) is 19.6 Å². The number of nitrogens with zero attached hydrogens (tertiary/aromatic N) is 2. The lowest BCUT2D eigenvalue weighted by atomic mass is 9.86. The van der Waals surface area contributed by atoms with E-state index in [1.807, 2.05) is 4.90 Å². The van der Waals surface area contributed by atoms with Gasteiger partial charge in [0.25, 0.3) is 0 Å². The average Bonchev–Trinajstić information content (AvgIpc) is 2.87. The SMILES string of the molecule is CCC(=O)NC(C)C(=O)N1CCC(C2CCCCCN2C(C)=O)CC1. The van der Waals surface area contributed by atoms with Crippen molar-refractivity contribution in [1.29, 1.82) is 0 Å². The smallest absolute Gasteiger partial charge is 0.244 e. The van der Waals surface area contributed by atoms with Gasteiger partial charge in [-0.3, -0.25) is 14.4 Å². The highest BCUT2D eigenvalue weighted by Gasteiger charge is 2.34. The molecule has 2 fully saturated rings. The van der Waals surface area contributed by atoms with E-state index >= 15 is 0 Å². The zero-order valence-electron chi connectivity index (χ0n) is 15.9. The van der Waals surface area contributed by atoms with E-state index < -0.39 is 6.04 Å². The molecule has 0 aliphatic carbocycles. The van der Waals surface area contributed by atoms with E-state index in [0.29, 0.717) is 18.4 Å². The number of rotatable bonds is 4. The van der Waals surface area contributed by atoms with Crippen molar-refractivity contribution in [3.05, 3.63) is 0 Å². The van der Waals surface area contributed by atoms with Gasteiger partial charge in [0.05, 0.1) is 0 Å². The third-order valence-electron chi connectivity index (χ3n) is 5.67. The molecule has 0 aromatic carbocycles. The monoisotopic (exact) mass is 351 g/mol. The van der Waals surface area contributed by atoms with E-state index in [0.717, 1.165) is 45.3 Å². The molecule has 6 heteroatoms. The summed E-state index contributed by atoms with van der Waals surface area (Å²) >= 11 is 0. The van der Waals surface area contributed by atoms with Crippen LogP contribution in [-0.2, 0) is 14.4 Å². The third-order valence-corrected chi connectivity index (χ3v) is 5.67. The number of carbonyl (C=O) groups excluding carboxylic acids is 3. The average molecular weight is 351 g/mol. The minimum atomic E-state index is -0.462. The first kappa shape index (κ1) is 19.7. The second-order valence-electron chi connectivity index (χ2n) is 7.43. The lowest BCUT2D eigenvalue weighted by molar-refractivity contribution is -0.138. The van der Waals surface area contributed by atoms with Gasteiger partial charge in [-0.05, 0) is 38.5 Å². The van der Waals surface area contributed by atoms with Crippen molar-refractivity contribution < 1.29 is 14.4 Å². The van der Waals surface area contributed by atoms with Crippen molar-refractivity contribution in [1.82, 2.24) is 15.1 Å². The van der Waals surface area contributed by atoms with Gasteiger partial charge in [0.15, 0.2) is 0 Å². The number of hydrogen-bond donors (Lipinski definition) is 1. The second kappa shape index (κ2) is 9.20. The predicted octanol–water partition coefficient (Wildman–Crippen LogP) is 1.93. The highest BCUT2D eigenvalue weighted by Crippen LogP contribution is 2.30. The molecule has 0 aromatic heterocycles. The van der Waals surface area contributed by atoms with Gasteiger partial charge in [0.1, 0.15) is 6.04 Å². The van der Waals surface area contributed by atoms with Crippen molar-refractivity contribution in [2.45, 2.75) is 77.8 Å². The summed E-state index contributed by atoms with van der Waals surface area (Å²) in [7, 11) is 0. The molecule has 142 valence electrons. The van der Waals surface area contributed by atoms with E-state index in [-0.39, 0.29) is 17.7 Å². The molecule has 2 rings (SSSR count). The van der Waals surface area contributed by atoms with E-state index in [1.54, 1.807) is 20.8 Å². The Bertz CT molecular complexity index is 486. The number of amides is 3. The third kappa shape index (κ3) is 5.19. The Morgan fingerprint density at radius 3 is 2.32 bits per heavy atom. The first-order valence-electron chi connectivity index (χ1n) is 9.79. The Kier molecular flexibility index (Phi) is 7.26. The molecule has 0 radical (unpaired) electrons. The van der Waals surface area contributed by atoms with Crippen molar-refractivity contribution in [3.8, 4) is 0 Å². The first-order chi connectivity index (χ1) is 11.9. The highest BCUT2D eigenvalue weighted by atomic mass is 16.2. The molecule has 25 heavy (non-hydrogen) atoms. The molecule has 2 aliphatic rings. The van der Waals surface area contributed by atoms with E-state index in [4.69, 9.17) is 0 Å². The topological polar surface area (TPSA) is 69.7 Å². The minimum absolute atomic E-state index is 0.00420. The number of likely N-dealkylation sites (tertiary alicyclic amines) is 2. The van der Waals surface area contributed by atoms with E-state index in [1.165, 1.54) is 12.8 Å². The van der Waals surface area contributed by atoms with Crippen LogP contribution in [0.15, 0.2) is 0 Å². The molecule has 2 atom stereocenters. The van der Waals surface area contributed by atoms with E-state index in [2.05, 4.69) is 10.2 Å². The van der Waals surface area contributed by atoms with Gasteiger partial charge < -0.3 is 15.1 Å². The van der Waals surface area contributed by atoms with Crippen LogP contribution in [0.25, 0.3) is 0 Å². The first-order valence-corrected chi connectivity index (χ1v) is 9.79. The van der Waals surface area contributed by atoms with Crippen molar-refractivity contribution in [3.63, 3.8) is 0 Å². The summed E-state index contributed by atoms with van der Waals surface area (Å²) in [6.45, 7) is 7.53. The quantitative estimate of drug-likeness (QED) is 0.841. The number of carbonyl (C=O) groups is 3. The van der Waals surface area contributed by atoms with Gasteiger partial charge in [-0.25, -0.2) is 0 Å². The molecular weight excluding hydrogens is 318 g/mol. The number of piperidine rings is 1. The molecule has 0 bridgehead atoms. The zero-order valence-corrected chi connectivity index (χ0v) is 15.9. The van der Waals surface area contributed by atoms with Crippen LogP contribution in [0, 0.1) is 5.92 Å². The van der Waals surface area contributed by atoms with Crippen LogP contribution in [-0.4, -0.2) is 59.2 Å². The van der Waals surface area contributed by atoms with Crippen molar-refractivity contribution in [2.24, 2.45) is 5.92 Å². The fraction of sp³-hybridized carbons (Fsp3) is 0.842. The van der Waals surface area contributed by atoms with Gasteiger partial charge in [-0.2, -0.15) is 0 Å². The molecule has 2 unspecified atom stereocenters. The lowest BCUT2D eigenvalue weighted by Gasteiger charge is -2.41. The molecule has 2 aliphatic heterocycles. The van der Waals surface area contributed by atoms with E-state index in [9.17, 15) is 14.4 Å². The molecule has 6 nitrogen and oxygen atoms in total. The minimum Gasteiger partial charge on any atom is -0.345 e. The fourth-order valence-electron chi connectivity index (χ4n) is 4.20. The van der Waals surface area contributed by atoms with Gasteiger partial charge >= 0.3 is 0 Å². The predicted molar refractivity (Wildman–Crippen MR) is 96.8 cm³/mol. The maximum atomic E-state index is 12.5. The second-order valence-corrected chi connectivity index (χ2v) is 7.43. The lowest BCUT2D eigenvalue weighted by Crippen LogP contribution is -2.52. The Morgan fingerprint density at radius 2 is 1.72 bits per heavy atom.